The van der Waals surface area contributed by atoms with Crippen molar-refractivity contribution < 1.29 is 32.9 Å². The van der Waals surface area contributed by atoms with Crippen molar-refractivity contribution in [2.24, 2.45) is 11.1 Å². The van der Waals surface area contributed by atoms with Crippen molar-refractivity contribution in [2.75, 3.05) is 13.2 Å². The molecule has 11 nitrogen and oxygen atoms in total. The SMILES string of the molecule is CC(C)OC(=O)C1(C)COC(C(N)=O)(c2nc(-c3ccc(F)cc3)c(-c3ccnc(OCc4ccccc4)n3)[nH]2)OC1. The van der Waals surface area contributed by atoms with Crippen molar-refractivity contribution in [3.63, 3.8) is 0 Å². The molecule has 5 rings (SSSR count). The van der Waals surface area contributed by atoms with Crippen molar-refractivity contribution >= 4 is 11.9 Å². The zero-order chi connectivity index (χ0) is 29.9. The van der Waals surface area contributed by atoms with E-state index in [4.69, 9.17) is 24.7 Å². The molecule has 0 aliphatic carbocycles. The number of nitrogens with one attached hydrogen (secondary N) is 1. The summed E-state index contributed by atoms with van der Waals surface area (Å²) in [6, 6.07) is 16.9. The van der Waals surface area contributed by atoms with Crippen LogP contribution in [0.5, 0.6) is 6.01 Å². The van der Waals surface area contributed by atoms with Gasteiger partial charge < -0.3 is 29.7 Å². The van der Waals surface area contributed by atoms with Crippen molar-refractivity contribution in [3.05, 3.63) is 84.1 Å². The van der Waals surface area contributed by atoms with Crippen LogP contribution in [0, 0.1) is 11.2 Å². The van der Waals surface area contributed by atoms with Crippen molar-refractivity contribution in [3.8, 4) is 28.7 Å². The first-order valence-corrected chi connectivity index (χ1v) is 13.2. The van der Waals surface area contributed by atoms with Gasteiger partial charge in [-0.05, 0) is 56.7 Å². The number of aromatic amines is 1. The molecule has 1 aliphatic heterocycles. The van der Waals surface area contributed by atoms with E-state index in [1.54, 1.807) is 26.8 Å². The molecule has 1 saturated heterocycles. The fourth-order valence-corrected chi connectivity index (χ4v) is 4.28. The minimum absolute atomic E-state index is 0.0750. The highest BCUT2D eigenvalue weighted by molar-refractivity contribution is 5.85. The number of carbonyl (C=O) groups is 2. The van der Waals surface area contributed by atoms with Crippen LogP contribution in [0.15, 0.2) is 66.9 Å². The van der Waals surface area contributed by atoms with Gasteiger partial charge >= 0.3 is 17.8 Å². The highest BCUT2D eigenvalue weighted by Gasteiger charge is 2.54. The van der Waals surface area contributed by atoms with Gasteiger partial charge in [-0.1, -0.05) is 30.3 Å². The second-order valence-corrected chi connectivity index (χ2v) is 10.4. The Bertz CT molecular complexity index is 1570. The van der Waals surface area contributed by atoms with Gasteiger partial charge in [-0.15, -0.1) is 0 Å². The molecule has 1 amide bonds. The molecule has 4 aromatic rings. The maximum atomic E-state index is 13.8. The first-order valence-electron chi connectivity index (χ1n) is 13.2. The number of rotatable bonds is 9. The Balaban J connectivity index is 1.51. The smallest absolute Gasteiger partial charge is 0.317 e. The fourth-order valence-electron chi connectivity index (χ4n) is 4.28. The number of primary amides is 1. The molecule has 218 valence electrons. The molecule has 0 radical (unpaired) electrons. The first-order chi connectivity index (χ1) is 20.1. The molecule has 0 bridgehead atoms. The summed E-state index contributed by atoms with van der Waals surface area (Å²) in [5.41, 5.74) is 7.09. The van der Waals surface area contributed by atoms with Gasteiger partial charge in [0.25, 0.3) is 5.91 Å². The number of esters is 1. The number of imidazole rings is 1. The van der Waals surface area contributed by atoms with Crippen LogP contribution in [0.25, 0.3) is 22.6 Å². The van der Waals surface area contributed by atoms with E-state index in [0.717, 1.165) is 5.56 Å². The number of amides is 1. The van der Waals surface area contributed by atoms with E-state index < -0.39 is 28.9 Å². The minimum Gasteiger partial charge on any atom is -0.462 e. The second kappa shape index (κ2) is 11.7. The van der Waals surface area contributed by atoms with Crippen LogP contribution in [-0.4, -0.2) is 51.1 Å². The Kier molecular flexibility index (Phi) is 8.01. The molecule has 1 fully saturated rings. The lowest BCUT2D eigenvalue weighted by molar-refractivity contribution is -0.294. The number of hydrogen-bond donors (Lipinski definition) is 2. The average molecular weight is 576 g/mol. The first kappa shape index (κ1) is 28.8. The average Bonchev–Trinajstić information content (AvgIpc) is 3.43. The molecule has 42 heavy (non-hydrogen) atoms. The van der Waals surface area contributed by atoms with Crippen LogP contribution in [0.4, 0.5) is 4.39 Å². The zero-order valence-corrected chi connectivity index (χ0v) is 23.3. The Hall–Kier alpha value is -4.68. The van der Waals surface area contributed by atoms with Gasteiger partial charge in [0.1, 0.15) is 17.8 Å². The van der Waals surface area contributed by atoms with E-state index in [1.807, 2.05) is 30.3 Å². The quantitative estimate of drug-likeness (QED) is 0.283. The monoisotopic (exact) mass is 575 g/mol. The van der Waals surface area contributed by atoms with Crippen LogP contribution in [0.2, 0.25) is 0 Å². The van der Waals surface area contributed by atoms with Gasteiger partial charge in [0, 0.05) is 11.8 Å². The van der Waals surface area contributed by atoms with Gasteiger partial charge in [0.15, 0.2) is 5.82 Å². The molecule has 1 aliphatic rings. The van der Waals surface area contributed by atoms with Gasteiger partial charge in [0.2, 0.25) is 0 Å². The number of ether oxygens (including phenoxy) is 4. The Morgan fingerprint density at radius 3 is 2.38 bits per heavy atom. The lowest BCUT2D eigenvalue weighted by atomic mass is 9.91. The van der Waals surface area contributed by atoms with Gasteiger partial charge in [-0.2, -0.15) is 4.98 Å². The third kappa shape index (κ3) is 5.85. The summed E-state index contributed by atoms with van der Waals surface area (Å²) >= 11 is 0. The minimum atomic E-state index is -2.15. The predicted molar refractivity (Wildman–Crippen MR) is 148 cm³/mol. The van der Waals surface area contributed by atoms with E-state index >= 15 is 0 Å². The van der Waals surface area contributed by atoms with Crippen LogP contribution >= 0.6 is 0 Å². The predicted octanol–water partition coefficient (Wildman–Crippen LogP) is 3.89. The van der Waals surface area contributed by atoms with E-state index in [1.165, 1.54) is 30.5 Å². The second-order valence-electron chi connectivity index (χ2n) is 10.4. The summed E-state index contributed by atoms with van der Waals surface area (Å²) in [6.07, 6.45) is 1.17. The summed E-state index contributed by atoms with van der Waals surface area (Å²) in [7, 11) is 0. The molecule has 0 spiro atoms. The summed E-state index contributed by atoms with van der Waals surface area (Å²) in [5, 5.41) is 0. The molecule has 3 N–H and O–H groups in total. The molecule has 0 atom stereocenters. The van der Waals surface area contributed by atoms with Crippen molar-refractivity contribution in [1.82, 2.24) is 19.9 Å². The van der Waals surface area contributed by atoms with Crippen LogP contribution in [0.1, 0.15) is 32.2 Å². The number of halogens is 1. The highest BCUT2D eigenvalue weighted by Crippen LogP contribution is 2.39. The van der Waals surface area contributed by atoms with E-state index in [0.29, 0.717) is 22.6 Å². The molecule has 2 aromatic heterocycles. The summed E-state index contributed by atoms with van der Waals surface area (Å²) in [5.74, 6) is -4.18. The summed E-state index contributed by atoms with van der Waals surface area (Å²) in [6.45, 7) is 4.85. The van der Waals surface area contributed by atoms with Crippen LogP contribution in [-0.2, 0) is 36.2 Å². The molecule has 12 heteroatoms. The number of H-pyrrole nitrogens is 1. The highest BCUT2D eigenvalue weighted by atomic mass is 19.1. The molecule has 0 saturated carbocycles. The lowest BCUT2D eigenvalue weighted by Gasteiger charge is -2.40. The number of nitrogens with zero attached hydrogens (tertiary/aromatic N) is 3. The molecule has 0 unspecified atom stereocenters. The normalized spacial score (nSPS) is 20.3. The number of benzene rings is 2. The summed E-state index contributed by atoms with van der Waals surface area (Å²) in [4.78, 5) is 42.0. The van der Waals surface area contributed by atoms with E-state index in [-0.39, 0.29) is 37.8 Å². The Morgan fingerprint density at radius 2 is 1.74 bits per heavy atom. The Morgan fingerprint density at radius 1 is 1.05 bits per heavy atom. The van der Waals surface area contributed by atoms with Gasteiger partial charge in [0.05, 0.1) is 36.4 Å². The standard InChI is InChI=1S/C30H30FN5O6/c1-18(2)42-27(38)29(3)16-40-30(25(32)37,41-17-29)26-35-23(20-9-11-21(31)12-10-20)24(36-26)22-13-14-33-28(34-22)39-15-19-7-5-4-6-8-19/h4-14,18H,15-17H2,1-3H3,(H2,32,37)(H,35,36). The summed E-state index contributed by atoms with van der Waals surface area (Å²) < 4.78 is 36.7. The maximum Gasteiger partial charge on any atom is 0.317 e. The van der Waals surface area contributed by atoms with E-state index in [2.05, 4.69) is 19.9 Å². The molecular formula is C30H30FN5O6. The largest absolute Gasteiger partial charge is 0.462 e. The molecule has 2 aromatic carbocycles. The molecular weight excluding hydrogens is 545 g/mol. The number of hydrogen-bond acceptors (Lipinski definition) is 9. The van der Waals surface area contributed by atoms with Crippen molar-refractivity contribution in [1.29, 1.82) is 0 Å². The van der Waals surface area contributed by atoms with Crippen LogP contribution < -0.4 is 10.5 Å². The maximum absolute atomic E-state index is 13.8. The van der Waals surface area contributed by atoms with Crippen LogP contribution in [0.3, 0.4) is 0 Å². The van der Waals surface area contributed by atoms with Crippen molar-refractivity contribution in [2.45, 2.75) is 39.3 Å². The number of aromatic nitrogens is 4. The fraction of sp³-hybridized carbons (Fsp3) is 0.300. The van der Waals surface area contributed by atoms with Gasteiger partial charge in [-0.3, -0.25) is 9.59 Å². The number of nitrogens with two attached hydrogens (primary N) is 1. The molecule has 3 heterocycles. The van der Waals surface area contributed by atoms with Gasteiger partial charge in [-0.25, -0.2) is 14.4 Å². The lowest BCUT2D eigenvalue weighted by Crippen LogP contribution is -2.56. The Labute approximate surface area is 241 Å². The third-order valence-corrected chi connectivity index (χ3v) is 6.58. The topological polar surface area (TPSA) is 152 Å². The zero-order valence-electron chi connectivity index (χ0n) is 23.3. The van der Waals surface area contributed by atoms with E-state index in [9.17, 15) is 14.0 Å². The number of carbonyl (C=O) groups excluding carboxylic acids is 2. The third-order valence-electron chi connectivity index (χ3n) is 6.58.